The van der Waals surface area contributed by atoms with Crippen molar-refractivity contribution in [3.05, 3.63) is 39.5 Å². The van der Waals surface area contributed by atoms with Crippen molar-refractivity contribution < 1.29 is 9.59 Å². The third-order valence-corrected chi connectivity index (χ3v) is 10.4. The number of H-pyrrole nitrogens is 1. The number of aromatic nitrogens is 2. The standard InChI is InChI=1S/C22H29Cl2N5O2S/c1-21(2)17-14(12-29(21)20(31)25-16-11-13(23)7-8-15(16)24)18(28-27-17)26-19(30)22(9-6-10-22)32(3,4)5/h7-8,11H,6,9-10,12H2,1-5H3,(H,25,31)(H2,26,27,28,30). The molecule has 1 aromatic heterocycles. The Bertz CT molecular complexity index is 1090. The molecule has 1 saturated carbocycles. The van der Waals surface area contributed by atoms with Crippen LogP contribution in [0.5, 0.6) is 0 Å². The molecule has 174 valence electrons. The van der Waals surface area contributed by atoms with Crippen LogP contribution in [0.15, 0.2) is 18.2 Å². The molecule has 0 atom stereocenters. The Kier molecular flexibility index (Phi) is 5.71. The zero-order valence-electron chi connectivity index (χ0n) is 18.9. The molecular formula is C22H29Cl2N5O2S. The summed E-state index contributed by atoms with van der Waals surface area (Å²) in [5, 5.41) is 14.3. The molecular weight excluding hydrogens is 469 g/mol. The van der Waals surface area contributed by atoms with Gasteiger partial charge in [0.15, 0.2) is 5.82 Å². The summed E-state index contributed by atoms with van der Waals surface area (Å²) in [6.45, 7) is 4.19. The molecule has 3 N–H and O–H groups in total. The predicted molar refractivity (Wildman–Crippen MR) is 133 cm³/mol. The molecule has 2 aliphatic rings. The molecule has 0 saturated heterocycles. The Hall–Kier alpha value is -1.90. The fourth-order valence-electron chi connectivity index (χ4n) is 4.56. The highest BCUT2D eigenvalue weighted by Crippen LogP contribution is 2.60. The Balaban J connectivity index is 1.55. The van der Waals surface area contributed by atoms with Gasteiger partial charge in [0.2, 0.25) is 5.91 Å². The Morgan fingerprint density at radius 2 is 1.84 bits per heavy atom. The van der Waals surface area contributed by atoms with Crippen LogP contribution in [-0.4, -0.2) is 50.5 Å². The number of halogens is 2. The summed E-state index contributed by atoms with van der Waals surface area (Å²) in [5.74, 6) is 0.538. The van der Waals surface area contributed by atoms with E-state index < -0.39 is 15.6 Å². The van der Waals surface area contributed by atoms with Crippen molar-refractivity contribution in [3.63, 3.8) is 0 Å². The van der Waals surface area contributed by atoms with E-state index >= 15 is 0 Å². The zero-order chi connectivity index (χ0) is 23.5. The van der Waals surface area contributed by atoms with Crippen molar-refractivity contribution in [1.29, 1.82) is 0 Å². The number of carbonyl (C=O) groups excluding carboxylic acids is 2. The fourth-order valence-corrected chi connectivity index (χ4v) is 7.02. The lowest BCUT2D eigenvalue weighted by Crippen LogP contribution is -2.51. The maximum atomic E-state index is 13.3. The third kappa shape index (κ3) is 3.66. The average Bonchev–Trinajstić information content (AvgIpc) is 3.14. The zero-order valence-corrected chi connectivity index (χ0v) is 21.3. The second kappa shape index (κ2) is 7.85. The number of hydrogen-bond acceptors (Lipinski definition) is 3. The van der Waals surface area contributed by atoms with Gasteiger partial charge in [-0.25, -0.2) is 14.8 Å². The van der Waals surface area contributed by atoms with E-state index in [0.717, 1.165) is 30.5 Å². The number of anilines is 2. The van der Waals surface area contributed by atoms with Crippen molar-refractivity contribution >= 4 is 56.7 Å². The van der Waals surface area contributed by atoms with Crippen LogP contribution >= 0.6 is 33.2 Å². The second-order valence-electron chi connectivity index (χ2n) is 9.76. The lowest BCUT2D eigenvalue weighted by Gasteiger charge is -2.53. The van der Waals surface area contributed by atoms with Crippen molar-refractivity contribution in [3.8, 4) is 0 Å². The maximum Gasteiger partial charge on any atom is 0.322 e. The Morgan fingerprint density at radius 3 is 2.44 bits per heavy atom. The largest absolute Gasteiger partial charge is 0.322 e. The first-order chi connectivity index (χ1) is 14.9. The summed E-state index contributed by atoms with van der Waals surface area (Å²) in [5.41, 5.74) is 1.44. The van der Waals surface area contributed by atoms with Gasteiger partial charge in [-0.15, -0.1) is 0 Å². The fraction of sp³-hybridized carbons (Fsp3) is 0.500. The Morgan fingerprint density at radius 1 is 1.16 bits per heavy atom. The van der Waals surface area contributed by atoms with Gasteiger partial charge in [0.25, 0.3) is 0 Å². The highest BCUT2D eigenvalue weighted by molar-refractivity contribution is 8.33. The van der Waals surface area contributed by atoms with Gasteiger partial charge in [0, 0.05) is 10.6 Å². The number of aromatic amines is 1. The van der Waals surface area contributed by atoms with E-state index in [1.807, 2.05) is 13.8 Å². The van der Waals surface area contributed by atoms with Crippen LogP contribution in [0.3, 0.4) is 0 Å². The summed E-state index contributed by atoms with van der Waals surface area (Å²) >= 11 is 12.3. The van der Waals surface area contributed by atoms with Crippen LogP contribution in [0.2, 0.25) is 10.0 Å². The second-order valence-corrected chi connectivity index (χ2v) is 15.1. The van der Waals surface area contributed by atoms with Gasteiger partial charge >= 0.3 is 6.03 Å². The predicted octanol–water partition coefficient (Wildman–Crippen LogP) is 5.55. The van der Waals surface area contributed by atoms with E-state index in [2.05, 4.69) is 39.6 Å². The summed E-state index contributed by atoms with van der Waals surface area (Å²) in [7, 11) is -1.08. The van der Waals surface area contributed by atoms with Gasteiger partial charge in [0.05, 0.1) is 33.2 Å². The van der Waals surface area contributed by atoms with Crippen LogP contribution < -0.4 is 10.6 Å². The van der Waals surface area contributed by atoms with Crippen molar-refractivity contribution in [1.82, 2.24) is 15.1 Å². The molecule has 4 rings (SSSR count). The minimum Gasteiger partial charge on any atom is -0.309 e. The summed E-state index contributed by atoms with van der Waals surface area (Å²) in [4.78, 5) is 28.1. The first-order valence-corrected chi connectivity index (χ1v) is 14.1. The molecule has 1 aliphatic heterocycles. The molecule has 0 unspecified atom stereocenters. The molecule has 10 heteroatoms. The molecule has 32 heavy (non-hydrogen) atoms. The van der Waals surface area contributed by atoms with Gasteiger partial charge in [-0.1, -0.05) is 23.2 Å². The topological polar surface area (TPSA) is 90.1 Å². The van der Waals surface area contributed by atoms with E-state index in [9.17, 15) is 9.59 Å². The minimum atomic E-state index is -1.08. The number of nitrogens with one attached hydrogen (secondary N) is 3. The Labute approximate surface area is 199 Å². The minimum absolute atomic E-state index is 0.0342. The lowest BCUT2D eigenvalue weighted by molar-refractivity contribution is -0.120. The van der Waals surface area contributed by atoms with Gasteiger partial charge in [0.1, 0.15) is 0 Å². The van der Waals surface area contributed by atoms with Gasteiger partial charge in [-0.05, 0) is 70.1 Å². The van der Waals surface area contributed by atoms with Gasteiger partial charge < -0.3 is 15.5 Å². The summed E-state index contributed by atoms with van der Waals surface area (Å²) in [6.07, 6.45) is 9.46. The number of urea groups is 1. The van der Waals surface area contributed by atoms with E-state index in [4.69, 9.17) is 23.2 Å². The monoisotopic (exact) mass is 497 g/mol. The molecule has 0 radical (unpaired) electrons. The highest BCUT2D eigenvalue weighted by atomic mass is 35.5. The van der Waals surface area contributed by atoms with Crippen LogP contribution in [-0.2, 0) is 16.9 Å². The number of amides is 3. The number of hydrogen-bond donors (Lipinski definition) is 3. The smallest absolute Gasteiger partial charge is 0.309 e. The number of benzene rings is 1. The van der Waals surface area contributed by atoms with Crippen molar-refractivity contribution in [2.24, 2.45) is 0 Å². The molecule has 7 nitrogen and oxygen atoms in total. The number of carbonyl (C=O) groups is 2. The van der Waals surface area contributed by atoms with Gasteiger partial charge in [-0.3, -0.25) is 9.89 Å². The highest BCUT2D eigenvalue weighted by Gasteiger charge is 2.51. The van der Waals surface area contributed by atoms with Crippen LogP contribution in [0.4, 0.5) is 16.3 Å². The molecule has 1 fully saturated rings. The number of fused-ring (bicyclic) bond motifs is 1. The lowest BCUT2D eigenvalue weighted by atomic mass is 9.83. The quantitative estimate of drug-likeness (QED) is 0.516. The average molecular weight is 498 g/mol. The van der Waals surface area contributed by atoms with E-state index in [1.165, 1.54) is 0 Å². The van der Waals surface area contributed by atoms with Crippen molar-refractivity contribution in [2.45, 2.75) is 49.9 Å². The molecule has 1 aliphatic carbocycles. The maximum absolute atomic E-state index is 13.3. The van der Waals surface area contributed by atoms with Crippen LogP contribution in [0.25, 0.3) is 0 Å². The van der Waals surface area contributed by atoms with Crippen LogP contribution in [0, 0.1) is 0 Å². The number of rotatable bonds is 4. The van der Waals surface area contributed by atoms with Gasteiger partial charge in [-0.2, -0.15) is 5.10 Å². The molecule has 0 bridgehead atoms. The number of nitrogens with zero attached hydrogens (tertiary/aromatic N) is 2. The van der Waals surface area contributed by atoms with Crippen molar-refractivity contribution in [2.75, 3.05) is 29.4 Å². The summed E-state index contributed by atoms with van der Waals surface area (Å²) < 4.78 is -0.312. The molecule has 0 spiro atoms. The first kappa shape index (κ1) is 23.3. The molecule has 1 aromatic carbocycles. The SMILES string of the molecule is CC1(C)c2[nH]nc(NC(=O)C3(S(C)(C)C)CCC3)c2CN1C(=O)Nc1cc(Cl)ccc1Cl. The van der Waals surface area contributed by atoms with E-state index in [0.29, 0.717) is 28.1 Å². The molecule has 3 amide bonds. The van der Waals surface area contributed by atoms with E-state index in [-0.39, 0.29) is 16.7 Å². The molecule has 2 heterocycles. The first-order valence-electron chi connectivity index (χ1n) is 10.5. The molecule has 2 aromatic rings. The summed E-state index contributed by atoms with van der Waals surface area (Å²) in [6, 6.07) is 4.61. The van der Waals surface area contributed by atoms with E-state index in [1.54, 1.807) is 23.1 Å². The van der Waals surface area contributed by atoms with Crippen LogP contribution in [0.1, 0.15) is 44.4 Å². The third-order valence-electron chi connectivity index (χ3n) is 6.86. The normalized spacial score (nSPS) is 19.2.